The van der Waals surface area contributed by atoms with Crippen molar-refractivity contribution in [1.29, 1.82) is 0 Å². The molecule has 1 heterocycles. The summed E-state index contributed by atoms with van der Waals surface area (Å²) in [6.07, 6.45) is -0.0614. The van der Waals surface area contributed by atoms with Crippen molar-refractivity contribution in [2.24, 2.45) is 5.10 Å². The van der Waals surface area contributed by atoms with E-state index in [1.807, 2.05) is 6.07 Å². The first-order valence-corrected chi connectivity index (χ1v) is 9.47. The van der Waals surface area contributed by atoms with Crippen LogP contribution in [0.2, 0.25) is 0 Å². The molecule has 0 radical (unpaired) electrons. The Morgan fingerprint density at radius 2 is 1.84 bits per heavy atom. The van der Waals surface area contributed by atoms with Crippen LogP contribution in [0.3, 0.4) is 0 Å². The second-order valence-corrected chi connectivity index (χ2v) is 7.75. The summed E-state index contributed by atoms with van der Waals surface area (Å²) in [5.74, 6) is -0.680. The molecule has 2 amide bonds. The third kappa shape index (κ3) is 3.86. The van der Waals surface area contributed by atoms with Crippen molar-refractivity contribution in [2.45, 2.75) is 11.3 Å². The van der Waals surface area contributed by atoms with E-state index in [1.165, 1.54) is 23.2 Å². The number of carbonyl (C=O) groups excluding carboxylic acids is 2. The van der Waals surface area contributed by atoms with Gasteiger partial charge in [0.1, 0.15) is 5.84 Å². The maximum Gasteiger partial charge on any atom is 0.261 e. The van der Waals surface area contributed by atoms with E-state index in [0.29, 0.717) is 5.69 Å². The predicted octanol–water partition coefficient (Wildman–Crippen LogP) is 2.09. The first-order valence-electron chi connectivity index (χ1n) is 7.16. The van der Waals surface area contributed by atoms with Gasteiger partial charge in [0.05, 0.1) is 17.0 Å². The number of para-hydroxylation sites is 1. The minimum Gasteiger partial charge on any atom is -0.308 e. The monoisotopic (exact) mass is 377 g/mol. The Bertz CT molecular complexity index is 974. The van der Waals surface area contributed by atoms with Gasteiger partial charge in [-0.2, -0.15) is 10.1 Å². The third-order valence-electron chi connectivity index (χ3n) is 3.41. The Hall–Kier alpha value is -2.71. The number of hydrogen-bond donors (Lipinski definition) is 1. The predicted molar refractivity (Wildman–Crippen MR) is 92.9 cm³/mol. The lowest BCUT2D eigenvalue weighted by Gasteiger charge is -2.10. The van der Waals surface area contributed by atoms with Gasteiger partial charge in [-0.1, -0.05) is 24.3 Å². The first-order chi connectivity index (χ1) is 11.8. The van der Waals surface area contributed by atoms with E-state index in [1.54, 1.807) is 24.3 Å². The number of nitrogens with one attached hydrogen (secondary N) is 1. The molecule has 2 aromatic rings. The third-order valence-corrected chi connectivity index (χ3v) is 4.76. The molecular weight excluding hydrogens is 366 g/mol. The van der Waals surface area contributed by atoms with Gasteiger partial charge in [-0.15, -0.1) is 0 Å². The number of nitrogens with zero attached hydrogens (tertiary/aromatic N) is 2. The molecule has 128 valence electrons. The fourth-order valence-electron chi connectivity index (χ4n) is 2.26. The molecule has 0 spiro atoms. The number of hydrogen-bond acceptors (Lipinski definition) is 5. The molecule has 0 saturated carbocycles. The average molecular weight is 378 g/mol. The summed E-state index contributed by atoms with van der Waals surface area (Å²) in [5.41, 5.74) is 0.682. The largest absolute Gasteiger partial charge is 0.308 e. The maximum atomic E-state index is 12.3. The lowest BCUT2D eigenvalue weighted by molar-refractivity contribution is -0.116. The molecule has 0 atom stereocenters. The summed E-state index contributed by atoms with van der Waals surface area (Å²) in [7, 11) is 1.34. The number of carbonyl (C=O) groups is 2. The zero-order chi connectivity index (χ0) is 18.0. The molecule has 1 aliphatic heterocycles. The second kappa shape index (κ2) is 6.66. The molecular formula is C16H12ClN3O4S. The van der Waals surface area contributed by atoms with Gasteiger partial charge in [0, 0.05) is 16.2 Å². The smallest absolute Gasteiger partial charge is 0.261 e. The molecule has 9 heteroatoms. The molecule has 0 aromatic heterocycles. The topological polar surface area (TPSA) is 95.9 Å². The quantitative estimate of drug-likeness (QED) is 0.828. The summed E-state index contributed by atoms with van der Waals surface area (Å²) in [6, 6.07) is 14.1. The molecule has 0 saturated heterocycles. The average Bonchev–Trinajstić information content (AvgIpc) is 2.95. The van der Waals surface area contributed by atoms with E-state index in [2.05, 4.69) is 10.4 Å². The van der Waals surface area contributed by atoms with Crippen molar-refractivity contribution in [3.63, 3.8) is 0 Å². The van der Waals surface area contributed by atoms with Crippen molar-refractivity contribution >= 4 is 43.1 Å². The number of halogens is 1. The molecule has 3 rings (SSSR count). The Morgan fingerprint density at radius 1 is 1.12 bits per heavy atom. The van der Waals surface area contributed by atoms with Crippen LogP contribution in [0.15, 0.2) is 64.6 Å². The SMILES string of the molecule is O=C(NC1=NN(c2ccccc2)C(=O)C1)c1cccc(S(=O)(=O)Cl)c1. The fourth-order valence-corrected chi connectivity index (χ4v) is 3.06. The van der Waals surface area contributed by atoms with E-state index in [9.17, 15) is 18.0 Å². The normalized spacial score (nSPS) is 14.4. The van der Waals surface area contributed by atoms with E-state index >= 15 is 0 Å². The summed E-state index contributed by atoms with van der Waals surface area (Å²) in [5, 5.41) is 7.82. The summed E-state index contributed by atoms with van der Waals surface area (Å²) < 4.78 is 22.7. The van der Waals surface area contributed by atoms with Crippen LogP contribution in [-0.2, 0) is 13.8 Å². The van der Waals surface area contributed by atoms with Crippen molar-refractivity contribution < 1.29 is 18.0 Å². The van der Waals surface area contributed by atoms with E-state index in [-0.39, 0.29) is 28.6 Å². The molecule has 25 heavy (non-hydrogen) atoms. The van der Waals surface area contributed by atoms with Crippen LogP contribution in [0.1, 0.15) is 16.8 Å². The molecule has 2 aromatic carbocycles. The van der Waals surface area contributed by atoms with Crippen LogP contribution in [0.4, 0.5) is 5.69 Å². The first kappa shape index (κ1) is 17.1. The van der Waals surface area contributed by atoms with Gasteiger partial charge in [-0.3, -0.25) is 9.59 Å². The highest BCUT2D eigenvalue weighted by Crippen LogP contribution is 2.20. The van der Waals surface area contributed by atoms with Crippen molar-refractivity contribution in [3.8, 4) is 0 Å². The zero-order valence-corrected chi connectivity index (χ0v) is 14.3. The van der Waals surface area contributed by atoms with Gasteiger partial charge < -0.3 is 5.32 Å². The Balaban J connectivity index is 1.79. The van der Waals surface area contributed by atoms with Gasteiger partial charge in [-0.25, -0.2) is 8.42 Å². The highest BCUT2D eigenvalue weighted by Gasteiger charge is 2.26. The summed E-state index contributed by atoms with van der Waals surface area (Å²) in [6.45, 7) is 0. The molecule has 1 N–H and O–H groups in total. The Labute approximate surface area is 148 Å². The van der Waals surface area contributed by atoms with Crippen LogP contribution >= 0.6 is 10.7 Å². The number of benzene rings is 2. The Morgan fingerprint density at radius 3 is 2.52 bits per heavy atom. The lowest BCUT2D eigenvalue weighted by Crippen LogP contribution is -2.29. The Kier molecular flexibility index (Phi) is 4.56. The number of amides is 2. The van der Waals surface area contributed by atoms with Gasteiger partial charge in [0.15, 0.2) is 0 Å². The zero-order valence-electron chi connectivity index (χ0n) is 12.7. The molecule has 0 unspecified atom stereocenters. The van der Waals surface area contributed by atoms with Gasteiger partial charge in [-0.05, 0) is 30.3 Å². The van der Waals surface area contributed by atoms with Crippen LogP contribution in [0, 0.1) is 0 Å². The van der Waals surface area contributed by atoms with Gasteiger partial charge in [0.2, 0.25) is 0 Å². The van der Waals surface area contributed by atoms with Crippen molar-refractivity contribution in [3.05, 3.63) is 60.2 Å². The number of rotatable bonds is 3. The highest BCUT2D eigenvalue weighted by atomic mass is 35.7. The fraction of sp³-hybridized carbons (Fsp3) is 0.0625. The second-order valence-electron chi connectivity index (χ2n) is 5.18. The highest BCUT2D eigenvalue weighted by molar-refractivity contribution is 8.13. The van der Waals surface area contributed by atoms with Gasteiger partial charge in [0.25, 0.3) is 20.9 Å². The number of hydrazone groups is 1. The van der Waals surface area contributed by atoms with Gasteiger partial charge >= 0.3 is 0 Å². The summed E-state index contributed by atoms with van der Waals surface area (Å²) >= 11 is 0. The maximum absolute atomic E-state index is 12.3. The minimum atomic E-state index is -3.94. The number of anilines is 1. The minimum absolute atomic E-state index is 0.0614. The lowest BCUT2D eigenvalue weighted by atomic mass is 10.2. The molecule has 0 fully saturated rings. The number of amidine groups is 1. The summed E-state index contributed by atoms with van der Waals surface area (Å²) in [4.78, 5) is 24.1. The van der Waals surface area contributed by atoms with Crippen LogP contribution < -0.4 is 10.3 Å². The van der Waals surface area contributed by atoms with Crippen LogP contribution in [-0.4, -0.2) is 26.1 Å². The molecule has 0 bridgehead atoms. The standard InChI is InChI=1S/C16H12ClN3O4S/c17-25(23,24)13-8-4-5-11(9-13)16(22)18-14-10-15(21)20(19-14)12-6-2-1-3-7-12/h1-9H,10H2,(H,18,19,22). The molecule has 1 aliphatic rings. The van der Waals surface area contributed by atoms with E-state index in [0.717, 1.165) is 6.07 Å². The molecule has 7 nitrogen and oxygen atoms in total. The van der Waals surface area contributed by atoms with Crippen molar-refractivity contribution in [2.75, 3.05) is 5.01 Å². The van der Waals surface area contributed by atoms with E-state index in [4.69, 9.17) is 10.7 Å². The van der Waals surface area contributed by atoms with Crippen molar-refractivity contribution in [1.82, 2.24) is 5.32 Å². The molecule has 0 aliphatic carbocycles. The van der Waals surface area contributed by atoms with Crippen LogP contribution in [0.5, 0.6) is 0 Å². The van der Waals surface area contributed by atoms with Crippen LogP contribution in [0.25, 0.3) is 0 Å². The van der Waals surface area contributed by atoms with E-state index < -0.39 is 15.0 Å².